The molecule has 0 N–H and O–H groups in total. The Balaban J connectivity index is 2.08. The van der Waals surface area contributed by atoms with Crippen LogP contribution in [-0.4, -0.2) is 0 Å². The SMILES string of the molecule is C/C=C/Oc1ccc(C2CCC(C)CC2)cc1F. The second-order valence-corrected chi connectivity index (χ2v) is 5.23. The second kappa shape index (κ2) is 6.03. The molecule has 2 rings (SSSR count). The van der Waals surface area contributed by atoms with Crippen LogP contribution in [0.2, 0.25) is 0 Å². The lowest BCUT2D eigenvalue weighted by Gasteiger charge is -2.26. The summed E-state index contributed by atoms with van der Waals surface area (Å²) in [5, 5.41) is 0. The maximum Gasteiger partial charge on any atom is 0.165 e. The van der Waals surface area contributed by atoms with E-state index in [1.165, 1.54) is 31.9 Å². The molecular formula is C16H21FO. The molecule has 1 fully saturated rings. The average molecular weight is 248 g/mol. The molecule has 0 bridgehead atoms. The zero-order valence-corrected chi connectivity index (χ0v) is 11.2. The topological polar surface area (TPSA) is 9.23 Å². The molecule has 1 aromatic carbocycles. The van der Waals surface area contributed by atoms with Gasteiger partial charge in [0.1, 0.15) is 0 Å². The quantitative estimate of drug-likeness (QED) is 0.681. The summed E-state index contributed by atoms with van der Waals surface area (Å²) in [6.45, 7) is 4.14. The van der Waals surface area contributed by atoms with E-state index in [4.69, 9.17) is 4.74 Å². The van der Waals surface area contributed by atoms with Gasteiger partial charge in [0.25, 0.3) is 0 Å². The van der Waals surface area contributed by atoms with Crippen LogP contribution in [0.4, 0.5) is 4.39 Å². The van der Waals surface area contributed by atoms with Crippen molar-refractivity contribution in [3.05, 3.63) is 41.9 Å². The molecule has 0 heterocycles. The zero-order chi connectivity index (χ0) is 13.0. The summed E-state index contributed by atoms with van der Waals surface area (Å²) in [5.41, 5.74) is 1.12. The fourth-order valence-corrected chi connectivity index (χ4v) is 2.60. The Labute approximate surface area is 109 Å². The molecule has 2 heteroatoms. The number of rotatable bonds is 3. The van der Waals surface area contributed by atoms with Gasteiger partial charge in [0.2, 0.25) is 0 Å². The van der Waals surface area contributed by atoms with E-state index in [9.17, 15) is 4.39 Å². The maximum atomic E-state index is 13.8. The summed E-state index contributed by atoms with van der Waals surface area (Å²) >= 11 is 0. The third-order valence-electron chi connectivity index (χ3n) is 3.77. The second-order valence-electron chi connectivity index (χ2n) is 5.23. The molecule has 1 aliphatic carbocycles. The molecule has 0 saturated heterocycles. The van der Waals surface area contributed by atoms with E-state index in [2.05, 4.69) is 6.92 Å². The molecule has 18 heavy (non-hydrogen) atoms. The minimum atomic E-state index is -0.260. The van der Waals surface area contributed by atoms with E-state index < -0.39 is 0 Å². The Morgan fingerprint density at radius 1 is 1.22 bits per heavy atom. The van der Waals surface area contributed by atoms with Crippen LogP contribution in [0.3, 0.4) is 0 Å². The van der Waals surface area contributed by atoms with E-state index in [0.29, 0.717) is 11.7 Å². The summed E-state index contributed by atoms with van der Waals surface area (Å²) in [6, 6.07) is 5.38. The van der Waals surface area contributed by atoms with Crippen LogP contribution >= 0.6 is 0 Å². The number of benzene rings is 1. The van der Waals surface area contributed by atoms with Crippen molar-refractivity contribution in [1.82, 2.24) is 0 Å². The van der Waals surface area contributed by atoms with Crippen LogP contribution < -0.4 is 4.74 Å². The van der Waals surface area contributed by atoms with Crippen molar-refractivity contribution >= 4 is 0 Å². The van der Waals surface area contributed by atoms with Crippen molar-refractivity contribution in [2.45, 2.75) is 45.4 Å². The van der Waals surface area contributed by atoms with Gasteiger partial charge in [-0.15, -0.1) is 0 Å². The van der Waals surface area contributed by atoms with Crippen molar-refractivity contribution < 1.29 is 9.13 Å². The number of ether oxygens (including phenoxy) is 1. The first-order valence-corrected chi connectivity index (χ1v) is 6.78. The monoisotopic (exact) mass is 248 g/mol. The lowest BCUT2D eigenvalue weighted by molar-refractivity contribution is 0.346. The van der Waals surface area contributed by atoms with Crippen molar-refractivity contribution in [3.8, 4) is 5.75 Å². The van der Waals surface area contributed by atoms with Crippen LogP contribution in [0.15, 0.2) is 30.5 Å². The van der Waals surface area contributed by atoms with Gasteiger partial charge in [0, 0.05) is 0 Å². The van der Waals surface area contributed by atoms with Gasteiger partial charge in [-0.25, -0.2) is 4.39 Å². The summed E-state index contributed by atoms with van der Waals surface area (Å²) < 4.78 is 19.0. The first kappa shape index (κ1) is 13.1. The van der Waals surface area contributed by atoms with Gasteiger partial charge in [0.15, 0.2) is 11.6 Å². The van der Waals surface area contributed by atoms with Crippen molar-refractivity contribution in [2.24, 2.45) is 5.92 Å². The van der Waals surface area contributed by atoms with E-state index in [1.54, 1.807) is 18.2 Å². The summed E-state index contributed by atoms with van der Waals surface area (Å²) in [5.74, 6) is 1.39. The highest BCUT2D eigenvalue weighted by molar-refractivity contribution is 5.32. The molecule has 0 unspecified atom stereocenters. The Morgan fingerprint density at radius 2 is 1.94 bits per heavy atom. The molecule has 0 amide bonds. The van der Waals surface area contributed by atoms with Gasteiger partial charge in [-0.05, 0) is 49.3 Å². The van der Waals surface area contributed by atoms with Gasteiger partial charge >= 0.3 is 0 Å². The lowest BCUT2D eigenvalue weighted by Crippen LogP contribution is -2.11. The van der Waals surface area contributed by atoms with Crippen LogP contribution in [0, 0.1) is 11.7 Å². The summed E-state index contributed by atoms with van der Waals surface area (Å²) in [4.78, 5) is 0. The van der Waals surface area contributed by atoms with Crippen LogP contribution in [0.1, 0.15) is 51.0 Å². The van der Waals surface area contributed by atoms with Crippen LogP contribution in [0.5, 0.6) is 5.75 Å². The molecule has 0 atom stereocenters. The molecule has 0 radical (unpaired) electrons. The predicted octanol–water partition coefficient (Wildman–Crippen LogP) is 5.03. The molecule has 0 spiro atoms. The van der Waals surface area contributed by atoms with E-state index in [0.717, 1.165) is 11.5 Å². The summed E-state index contributed by atoms with van der Waals surface area (Å²) in [7, 11) is 0. The Morgan fingerprint density at radius 3 is 2.56 bits per heavy atom. The largest absolute Gasteiger partial charge is 0.462 e. The predicted molar refractivity (Wildman–Crippen MR) is 72.2 cm³/mol. The van der Waals surface area contributed by atoms with Gasteiger partial charge < -0.3 is 4.74 Å². The molecule has 1 saturated carbocycles. The molecular weight excluding hydrogens is 227 g/mol. The Kier molecular flexibility index (Phi) is 4.40. The number of hydrogen-bond donors (Lipinski definition) is 0. The normalized spacial score (nSPS) is 24.4. The molecule has 0 aliphatic heterocycles. The minimum Gasteiger partial charge on any atom is -0.462 e. The van der Waals surface area contributed by atoms with E-state index in [1.807, 2.05) is 13.0 Å². The molecule has 1 nitrogen and oxygen atoms in total. The average Bonchev–Trinajstić information content (AvgIpc) is 2.38. The fourth-order valence-electron chi connectivity index (χ4n) is 2.60. The fraction of sp³-hybridized carbons (Fsp3) is 0.500. The number of hydrogen-bond acceptors (Lipinski definition) is 1. The molecule has 0 aromatic heterocycles. The van der Waals surface area contributed by atoms with Gasteiger partial charge in [0.05, 0.1) is 6.26 Å². The van der Waals surface area contributed by atoms with Gasteiger partial charge in [-0.2, -0.15) is 0 Å². The van der Waals surface area contributed by atoms with Crippen molar-refractivity contribution in [3.63, 3.8) is 0 Å². The highest BCUT2D eigenvalue weighted by atomic mass is 19.1. The lowest BCUT2D eigenvalue weighted by atomic mass is 9.79. The van der Waals surface area contributed by atoms with Gasteiger partial charge in [-0.3, -0.25) is 0 Å². The van der Waals surface area contributed by atoms with Crippen LogP contribution in [-0.2, 0) is 0 Å². The molecule has 98 valence electrons. The van der Waals surface area contributed by atoms with Gasteiger partial charge in [-0.1, -0.05) is 31.9 Å². The third-order valence-corrected chi connectivity index (χ3v) is 3.77. The Bertz CT molecular complexity index is 417. The minimum absolute atomic E-state index is 0.260. The highest BCUT2D eigenvalue weighted by Gasteiger charge is 2.20. The zero-order valence-electron chi connectivity index (χ0n) is 11.2. The Hall–Kier alpha value is -1.31. The first-order chi connectivity index (χ1) is 8.70. The molecule has 1 aromatic rings. The highest BCUT2D eigenvalue weighted by Crippen LogP contribution is 2.36. The van der Waals surface area contributed by atoms with Crippen LogP contribution in [0.25, 0.3) is 0 Å². The number of allylic oxidation sites excluding steroid dienone is 1. The first-order valence-electron chi connectivity index (χ1n) is 6.78. The third kappa shape index (κ3) is 3.12. The standard InChI is InChI=1S/C16H21FO/c1-3-10-18-16-9-8-14(11-15(16)17)13-6-4-12(2)5-7-13/h3,8-13H,4-7H2,1-2H3/b10-3+. The maximum absolute atomic E-state index is 13.8. The van der Waals surface area contributed by atoms with E-state index in [-0.39, 0.29) is 5.82 Å². The smallest absolute Gasteiger partial charge is 0.165 e. The van der Waals surface area contributed by atoms with Crippen molar-refractivity contribution in [1.29, 1.82) is 0 Å². The van der Waals surface area contributed by atoms with E-state index >= 15 is 0 Å². The summed E-state index contributed by atoms with van der Waals surface area (Å²) in [6.07, 6.45) is 8.10. The van der Waals surface area contributed by atoms with Crippen molar-refractivity contribution in [2.75, 3.05) is 0 Å². The molecule has 1 aliphatic rings. The number of halogens is 1.